The molecule has 6 nitrogen and oxygen atoms in total. The van der Waals surface area contributed by atoms with Crippen molar-refractivity contribution in [1.82, 2.24) is 0 Å². The molecule has 20 heavy (non-hydrogen) atoms. The highest BCUT2D eigenvalue weighted by atomic mass is 19.1. The first kappa shape index (κ1) is 13.5. The molecule has 0 aliphatic carbocycles. The third-order valence-electron chi connectivity index (χ3n) is 2.60. The van der Waals surface area contributed by atoms with Crippen molar-refractivity contribution in [3.05, 3.63) is 64.0 Å². The van der Waals surface area contributed by atoms with E-state index in [0.29, 0.717) is 0 Å². The minimum Gasteiger partial charge on any atom is -0.396 e. The molecule has 0 spiro atoms. The van der Waals surface area contributed by atoms with Crippen molar-refractivity contribution in [2.45, 2.75) is 0 Å². The van der Waals surface area contributed by atoms with Gasteiger partial charge in [0.25, 0.3) is 11.6 Å². The number of benzene rings is 2. The summed E-state index contributed by atoms with van der Waals surface area (Å²) in [6.45, 7) is 0. The highest BCUT2D eigenvalue weighted by molar-refractivity contribution is 6.07. The number of nitrogens with one attached hydrogen (secondary N) is 1. The maximum atomic E-state index is 13.0. The normalized spacial score (nSPS) is 10.1. The molecule has 0 saturated heterocycles. The van der Waals surface area contributed by atoms with Gasteiger partial charge in [-0.15, -0.1) is 0 Å². The average Bonchev–Trinajstić information content (AvgIpc) is 2.43. The maximum absolute atomic E-state index is 13.0. The zero-order chi connectivity index (χ0) is 14.7. The van der Waals surface area contributed by atoms with E-state index in [4.69, 9.17) is 5.73 Å². The van der Waals surface area contributed by atoms with E-state index < -0.39 is 16.6 Å². The topological polar surface area (TPSA) is 98.3 Å². The van der Waals surface area contributed by atoms with Crippen LogP contribution < -0.4 is 11.1 Å². The number of anilines is 2. The number of nitro benzene ring substituents is 1. The molecule has 2 aromatic rings. The van der Waals surface area contributed by atoms with Gasteiger partial charge in [0, 0.05) is 11.8 Å². The van der Waals surface area contributed by atoms with Crippen molar-refractivity contribution >= 4 is 23.0 Å². The van der Waals surface area contributed by atoms with E-state index in [0.717, 1.165) is 6.07 Å². The monoisotopic (exact) mass is 275 g/mol. The van der Waals surface area contributed by atoms with Gasteiger partial charge in [0.05, 0.1) is 10.6 Å². The minimum absolute atomic E-state index is 0.0830. The molecule has 0 radical (unpaired) electrons. The second-order valence-corrected chi connectivity index (χ2v) is 3.96. The van der Waals surface area contributed by atoms with Gasteiger partial charge in [0.15, 0.2) is 0 Å². The summed E-state index contributed by atoms with van der Waals surface area (Å²) in [6.07, 6.45) is 0. The average molecular weight is 275 g/mol. The van der Waals surface area contributed by atoms with Gasteiger partial charge in [0.1, 0.15) is 11.4 Å². The number of nitro groups is 1. The molecule has 2 rings (SSSR count). The van der Waals surface area contributed by atoms with Crippen LogP contribution in [0, 0.1) is 15.9 Å². The number of nitrogens with zero attached hydrogens (tertiary/aromatic N) is 1. The van der Waals surface area contributed by atoms with Gasteiger partial charge >= 0.3 is 0 Å². The summed E-state index contributed by atoms with van der Waals surface area (Å²) < 4.78 is 13.0. The lowest BCUT2D eigenvalue weighted by Gasteiger charge is -2.06. The van der Waals surface area contributed by atoms with E-state index in [1.54, 1.807) is 0 Å². The largest absolute Gasteiger partial charge is 0.396 e. The van der Waals surface area contributed by atoms with E-state index in [1.165, 1.54) is 36.4 Å². The predicted octanol–water partition coefficient (Wildman–Crippen LogP) is 2.57. The predicted molar refractivity (Wildman–Crippen MR) is 71.9 cm³/mol. The fraction of sp³-hybridized carbons (Fsp3) is 0. The molecule has 2 aromatic carbocycles. The number of amides is 1. The van der Waals surface area contributed by atoms with Crippen molar-refractivity contribution in [3.63, 3.8) is 0 Å². The highest BCUT2D eigenvalue weighted by Crippen LogP contribution is 2.21. The molecule has 3 N–H and O–H groups in total. The Hall–Kier alpha value is -2.96. The van der Waals surface area contributed by atoms with Crippen LogP contribution in [0.5, 0.6) is 0 Å². The Bertz CT molecular complexity index is 688. The molecule has 0 aliphatic heterocycles. The van der Waals surface area contributed by atoms with Crippen molar-refractivity contribution in [3.8, 4) is 0 Å². The smallest absolute Gasteiger partial charge is 0.282 e. The van der Waals surface area contributed by atoms with Crippen molar-refractivity contribution in [1.29, 1.82) is 0 Å². The molecule has 0 aromatic heterocycles. The van der Waals surface area contributed by atoms with Crippen LogP contribution in [-0.4, -0.2) is 10.8 Å². The summed E-state index contributed by atoms with van der Waals surface area (Å²) in [5.74, 6) is -1.27. The number of nitrogens with two attached hydrogens (primary N) is 1. The van der Waals surface area contributed by atoms with E-state index >= 15 is 0 Å². The van der Waals surface area contributed by atoms with Gasteiger partial charge in [-0.3, -0.25) is 14.9 Å². The Morgan fingerprint density at radius 1 is 1.25 bits per heavy atom. The number of para-hydroxylation sites is 1. The molecule has 0 heterocycles. The summed E-state index contributed by atoms with van der Waals surface area (Å²) in [6, 6.07) is 9.20. The first-order chi connectivity index (χ1) is 9.49. The van der Waals surface area contributed by atoms with Gasteiger partial charge in [-0.1, -0.05) is 12.1 Å². The molecule has 0 saturated carbocycles. The summed E-state index contributed by atoms with van der Waals surface area (Å²) in [5, 5.41) is 13.3. The lowest BCUT2D eigenvalue weighted by molar-refractivity contribution is -0.385. The van der Waals surface area contributed by atoms with Crippen LogP contribution in [0.4, 0.5) is 21.5 Å². The Kier molecular flexibility index (Phi) is 3.60. The van der Waals surface area contributed by atoms with Gasteiger partial charge in [-0.25, -0.2) is 4.39 Å². The molecule has 102 valence electrons. The summed E-state index contributed by atoms with van der Waals surface area (Å²) >= 11 is 0. The summed E-state index contributed by atoms with van der Waals surface area (Å²) in [5.41, 5.74) is 5.13. The van der Waals surface area contributed by atoms with Gasteiger partial charge < -0.3 is 11.1 Å². The number of hydrogen-bond donors (Lipinski definition) is 2. The molecule has 7 heteroatoms. The van der Waals surface area contributed by atoms with Crippen LogP contribution >= 0.6 is 0 Å². The number of nitrogen functional groups attached to an aromatic ring is 1. The van der Waals surface area contributed by atoms with Crippen LogP contribution in [-0.2, 0) is 0 Å². The van der Waals surface area contributed by atoms with Crippen LogP contribution in [0.1, 0.15) is 10.4 Å². The SMILES string of the molecule is Nc1cc(NC(=O)c2ccccc2[N+](=O)[O-])ccc1F. The number of halogens is 1. The van der Waals surface area contributed by atoms with Crippen molar-refractivity contribution < 1.29 is 14.1 Å². The second kappa shape index (κ2) is 5.35. The molecule has 0 bridgehead atoms. The molecular formula is C13H10FN3O3. The zero-order valence-electron chi connectivity index (χ0n) is 10.2. The maximum Gasteiger partial charge on any atom is 0.282 e. The third kappa shape index (κ3) is 2.72. The van der Waals surface area contributed by atoms with Gasteiger partial charge in [0.2, 0.25) is 0 Å². The number of carbonyl (C=O) groups is 1. The third-order valence-corrected chi connectivity index (χ3v) is 2.60. The van der Waals surface area contributed by atoms with Crippen molar-refractivity contribution in [2.75, 3.05) is 11.1 Å². The van der Waals surface area contributed by atoms with Crippen molar-refractivity contribution in [2.24, 2.45) is 0 Å². The summed E-state index contributed by atoms with van der Waals surface area (Å²) in [7, 11) is 0. The van der Waals surface area contributed by atoms with E-state index in [-0.39, 0.29) is 22.6 Å². The fourth-order valence-corrected chi connectivity index (χ4v) is 1.64. The fourth-order valence-electron chi connectivity index (χ4n) is 1.64. The number of hydrogen-bond acceptors (Lipinski definition) is 4. The Balaban J connectivity index is 2.28. The second-order valence-electron chi connectivity index (χ2n) is 3.96. The van der Waals surface area contributed by atoms with E-state index in [2.05, 4.69) is 5.32 Å². The van der Waals surface area contributed by atoms with Crippen LogP contribution in [0.25, 0.3) is 0 Å². The lowest BCUT2D eigenvalue weighted by Crippen LogP contribution is -2.14. The highest BCUT2D eigenvalue weighted by Gasteiger charge is 2.19. The minimum atomic E-state index is -0.664. The number of carbonyl (C=O) groups excluding carboxylic acids is 1. The molecule has 0 fully saturated rings. The quantitative estimate of drug-likeness (QED) is 0.511. The van der Waals surface area contributed by atoms with E-state index in [1.807, 2.05) is 0 Å². The van der Waals surface area contributed by atoms with Crippen LogP contribution in [0.3, 0.4) is 0 Å². The lowest BCUT2D eigenvalue weighted by atomic mass is 10.1. The molecule has 0 unspecified atom stereocenters. The standard InChI is InChI=1S/C13H10FN3O3/c14-10-6-5-8(7-11(10)15)16-13(18)9-3-1-2-4-12(9)17(19)20/h1-7H,15H2,(H,16,18). The summed E-state index contributed by atoms with van der Waals surface area (Å²) in [4.78, 5) is 22.2. The molecule has 0 aliphatic rings. The molecule has 0 atom stereocenters. The Morgan fingerprint density at radius 2 is 1.95 bits per heavy atom. The molecule has 1 amide bonds. The van der Waals surface area contributed by atoms with Crippen LogP contribution in [0.2, 0.25) is 0 Å². The first-order valence-corrected chi connectivity index (χ1v) is 5.59. The van der Waals surface area contributed by atoms with Crippen LogP contribution in [0.15, 0.2) is 42.5 Å². The van der Waals surface area contributed by atoms with E-state index in [9.17, 15) is 19.3 Å². The Labute approximate surface area is 113 Å². The van der Waals surface area contributed by atoms with Gasteiger partial charge in [-0.2, -0.15) is 0 Å². The Morgan fingerprint density at radius 3 is 2.60 bits per heavy atom. The van der Waals surface area contributed by atoms with Gasteiger partial charge in [-0.05, 0) is 24.3 Å². The molecular weight excluding hydrogens is 265 g/mol. The first-order valence-electron chi connectivity index (χ1n) is 5.59. The number of rotatable bonds is 3. The zero-order valence-corrected chi connectivity index (χ0v) is 10.2.